The standard InChI is InChI=1S/C8H17NO3/c1-4-7(8(10)12-3)9-5-6-11-2/h7,9H,4-6H2,1-3H3. The lowest BCUT2D eigenvalue weighted by Gasteiger charge is -2.13. The van der Waals surface area contributed by atoms with E-state index in [0.717, 1.165) is 6.42 Å². The van der Waals surface area contributed by atoms with Crippen molar-refractivity contribution in [2.24, 2.45) is 0 Å². The first-order chi connectivity index (χ1) is 5.76. The van der Waals surface area contributed by atoms with Crippen LogP contribution in [0.25, 0.3) is 0 Å². The zero-order valence-electron chi connectivity index (χ0n) is 7.92. The van der Waals surface area contributed by atoms with Crippen molar-refractivity contribution in [1.29, 1.82) is 0 Å². The van der Waals surface area contributed by atoms with Crippen LogP contribution in [0.5, 0.6) is 0 Å². The number of hydrogen-bond donors (Lipinski definition) is 1. The summed E-state index contributed by atoms with van der Waals surface area (Å²) >= 11 is 0. The van der Waals surface area contributed by atoms with E-state index in [1.54, 1.807) is 7.11 Å². The van der Waals surface area contributed by atoms with Crippen molar-refractivity contribution in [1.82, 2.24) is 5.32 Å². The largest absolute Gasteiger partial charge is 0.468 e. The van der Waals surface area contributed by atoms with Gasteiger partial charge in [0.25, 0.3) is 0 Å². The maximum atomic E-state index is 11.0. The smallest absolute Gasteiger partial charge is 0.322 e. The molecule has 0 heterocycles. The van der Waals surface area contributed by atoms with Crippen molar-refractivity contribution in [2.75, 3.05) is 27.4 Å². The summed E-state index contributed by atoms with van der Waals surface area (Å²) in [5.41, 5.74) is 0. The minimum absolute atomic E-state index is 0.204. The second-order valence-electron chi connectivity index (χ2n) is 2.43. The van der Waals surface area contributed by atoms with Crippen LogP contribution in [0, 0.1) is 0 Å². The zero-order chi connectivity index (χ0) is 9.40. The second kappa shape index (κ2) is 7.06. The summed E-state index contributed by atoms with van der Waals surface area (Å²) < 4.78 is 9.43. The Hall–Kier alpha value is -0.610. The van der Waals surface area contributed by atoms with Crippen LogP contribution in [0.3, 0.4) is 0 Å². The Morgan fingerprint density at radius 3 is 2.58 bits per heavy atom. The molecule has 4 nitrogen and oxygen atoms in total. The molecule has 0 fully saturated rings. The van der Waals surface area contributed by atoms with Crippen LogP contribution in [0.1, 0.15) is 13.3 Å². The van der Waals surface area contributed by atoms with Gasteiger partial charge in [0.1, 0.15) is 6.04 Å². The summed E-state index contributed by atoms with van der Waals surface area (Å²) in [6.45, 7) is 3.21. The third-order valence-corrected chi connectivity index (χ3v) is 1.59. The van der Waals surface area contributed by atoms with Crippen molar-refractivity contribution in [3.05, 3.63) is 0 Å². The lowest BCUT2D eigenvalue weighted by atomic mass is 10.2. The zero-order valence-corrected chi connectivity index (χ0v) is 7.92. The maximum absolute atomic E-state index is 11.0. The number of carbonyl (C=O) groups excluding carboxylic acids is 1. The number of esters is 1. The van der Waals surface area contributed by atoms with Crippen LogP contribution in [-0.4, -0.2) is 39.4 Å². The molecule has 0 radical (unpaired) electrons. The molecule has 0 aliphatic heterocycles. The Bertz CT molecular complexity index is 127. The van der Waals surface area contributed by atoms with Crippen LogP contribution < -0.4 is 5.32 Å². The summed E-state index contributed by atoms with van der Waals surface area (Å²) in [6, 6.07) is -0.204. The molecule has 0 aromatic carbocycles. The molecule has 0 aromatic heterocycles. The molecule has 4 heteroatoms. The summed E-state index contributed by atoms with van der Waals surface area (Å²) in [6.07, 6.45) is 0.733. The van der Waals surface area contributed by atoms with Crippen molar-refractivity contribution in [2.45, 2.75) is 19.4 Å². The highest BCUT2D eigenvalue weighted by molar-refractivity contribution is 5.75. The van der Waals surface area contributed by atoms with E-state index in [9.17, 15) is 4.79 Å². The third kappa shape index (κ3) is 4.31. The Balaban J connectivity index is 3.60. The quantitative estimate of drug-likeness (QED) is 0.462. The van der Waals surface area contributed by atoms with E-state index in [1.165, 1.54) is 7.11 Å². The predicted molar refractivity (Wildman–Crippen MR) is 46.0 cm³/mol. The normalized spacial score (nSPS) is 12.6. The van der Waals surface area contributed by atoms with Crippen molar-refractivity contribution < 1.29 is 14.3 Å². The van der Waals surface area contributed by atoms with Gasteiger partial charge in [0.05, 0.1) is 13.7 Å². The molecule has 0 aromatic rings. The molecule has 0 rings (SSSR count). The molecule has 1 atom stereocenters. The van der Waals surface area contributed by atoms with Crippen LogP contribution >= 0.6 is 0 Å². The van der Waals surface area contributed by atoms with Crippen LogP contribution in [0.15, 0.2) is 0 Å². The van der Waals surface area contributed by atoms with Crippen molar-refractivity contribution in [3.8, 4) is 0 Å². The highest BCUT2D eigenvalue weighted by Crippen LogP contribution is 1.92. The molecule has 12 heavy (non-hydrogen) atoms. The molecule has 0 bridgehead atoms. The van der Waals surface area contributed by atoms with Gasteiger partial charge < -0.3 is 14.8 Å². The Morgan fingerprint density at radius 1 is 1.50 bits per heavy atom. The molecular formula is C8H17NO3. The van der Waals surface area contributed by atoms with Gasteiger partial charge in [0.15, 0.2) is 0 Å². The number of methoxy groups -OCH3 is 2. The number of rotatable bonds is 6. The molecule has 0 amide bonds. The fraction of sp³-hybridized carbons (Fsp3) is 0.875. The highest BCUT2D eigenvalue weighted by atomic mass is 16.5. The van der Waals surface area contributed by atoms with E-state index < -0.39 is 0 Å². The molecule has 0 aliphatic carbocycles. The van der Waals surface area contributed by atoms with Gasteiger partial charge in [0.2, 0.25) is 0 Å². The highest BCUT2D eigenvalue weighted by Gasteiger charge is 2.14. The topological polar surface area (TPSA) is 47.6 Å². The van der Waals surface area contributed by atoms with Gasteiger partial charge in [-0.05, 0) is 6.42 Å². The Morgan fingerprint density at radius 2 is 2.17 bits per heavy atom. The molecule has 0 aliphatic rings. The van der Waals surface area contributed by atoms with Gasteiger partial charge in [-0.2, -0.15) is 0 Å². The minimum Gasteiger partial charge on any atom is -0.468 e. The van der Waals surface area contributed by atoms with Crippen LogP contribution in [0.2, 0.25) is 0 Å². The summed E-state index contributed by atoms with van der Waals surface area (Å²) in [5, 5.41) is 3.02. The van der Waals surface area contributed by atoms with E-state index in [2.05, 4.69) is 10.1 Å². The summed E-state index contributed by atoms with van der Waals surface area (Å²) in [5.74, 6) is -0.214. The number of ether oxygens (including phenoxy) is 2. The number of carbonyl (C=O) groups is 1. The molecule has 1 unspecified atom stereocenters. The fourth-order valence-corrected chi connectivity index (χ4v) is 0.872. The maximum Gasteiger partial charge on any atom is 0.322 e. The second-order valence-corrected chi connectivity index (χ2v) is 2.43. The predicted octanol–water partition coefficient (Wildman–Crippen LogP) is 0.174. The van der Waals surface area contributed by atoms with Crippen LogP contribution in [0.4, 0.5) is 0 Å². The van der Waals surface area contributed by atoms with Crippen LogP contribution in [-0.2, 0) is 14.3 Å². The van der Waals surface area contributed by atoms with Crippen molar-refractivity contribution in [3.63, 3.8) is 0 Å². The number of hydrogen-bond acceptors (Lipinski definition) is 4. The van der Waals surface area contributed by atoms with E-state index in [0.29, 0.717) is 13.2 Å². The average Bonchev–Trinajstić information content (AvgIpc) is 2.11. The van der Waals surface area contributed by atoms with E-state index >= 15 is 0 Å². The molecule has 0 saturated heterocycles. The van der Waals surface area contributed by atoms with E-state index in [-0.39, 0.29) is 12.0 Å². The minimum atomic E-state index is -0.214. The van der Waals surface area contributed by atoms with E-state index in [1.807, 2.05) is 6.92 Å². The van der Waals surface area contributed by atoms with Gasteiger partial charge >= 0.3 is 5.97 Å². The van der Waals surface area contributed by atoms with Gasteiger partial charge in [-0.1, -0.05) is 6.92 Å². The first-order valence-electron chi connectivity index (χ1n) is 4.06. The Kier molecular flexibility index (Phi) is 6.70. The molecule has 72 valence electrons. The first-order valence-corrected chi connectivity index (χ1v) is 4.06. The summed E-state index contributed by atoms with van der Waals surface area (Å²) in [7, 11) is 3.02. The molecule has 0 saturated carbocycles. The molecule has 1 N–H and O–H groups in total. The van der Waals surface area contributed by atoms with E-state index in [4.69, 9.17) is 4.74 Å². The first kappa shape index (κ1) is 11.4. The van der Waals surface area contributed by atoms with Gasteiger partial charge in [-0.15, -0.1) is 0 Å². The summed E-state index contributed by atoms with van der Waals surface area (Å²) in [4.78, 5) is 11.0. The van der Waals surface area contributed by atoms with Gasteiger partial charge in [0, 0.05) is 13.7 Å². The SMILES string of the molecule is CCC(NCCOC)C(=O)OC. The van der Waals surface area contributed by atoms with Gasteiger partial charge in [-0.25, -0.2) is 0 Å². The Labute approximate surface area is 73.2 Å². The average molecular weight is 175 g/mol. The van der Waals surface area contributed by atoms with Crippen molar-refractivity contribution >= 4 is 5.97 Å². The number of nitrogens with one attached hydrogen (secondary N) is 1. The lowest BCUT2D eigenvalue weighted by Crippen LogP contribution is -2.38. The third-order valence-electron chi connectivity index (χ3n) is 1.59. The molecular weight excluding hydrogens is 158 g/mol. The molecule has 0 spiro atoms. The monoisotopic (exact) mass is 175 g/mol. The fourth-order valence-electron chi connectivity index (χ4n) is 0.872. The lowest BCUT2D eigenvalue weighted by molar-refractivity contribution is -0.143. The van der Waals surface area contributed by atoms with Gasteiger partial charge in [-0.3, -0.25) is 4.79 Å².